The SMILES string of the molecule is CCCCN(CC(=O)N(CCc1c[nH]c2ccccc12)Cc1ccc(OC)cc1)C(=O)C1CCCCC1. The Balaban J connectivity index is 1.50. The van der Waals surface area contributed by atoms with Gasteiger partial charge in [0.1, 0.15) is 5.75 Å². The smallest absolute Gasteiger partial charge is 0.242 e. The number of carbonyl (C=O) groups is 2. The van der Waals surface area contributed by atoms with Gasteiger partial charge >= 0.3 is 0 Å². The fourth-order valence-corrected chi connectivity index (χ4v) is 5.32. The van der Waals surface area contributed by atoms with Crippen LogP contribution in [-0.4, -0.2) is 53.3 Å². The number of H-pyrrole nitrogens is 1. The van der Waals surface area contributed by atoms with Crippen LogP contribution in [0.1, 0.15) is 63.0 Å². The van der Waals surface area contributed by atoms with E-state index in [1.807, 2.05) is 52.4 Å². The quantitative estimate of drug-likeness (QED) is 0.332. The Morgan fingerprint density at radius 2 is 1.73 bits per heavy atom. The number of hydrogen-bond donors (Lipinski definition) is 1. The molecule has 0 radical (unpaired) electrons. The van der Waals surface area contributed by atoms with Crippen molar-refractivity contribution in [2.45, 2.75) is 64.8 Å². The third-order valence-corrected chi connectivity index (χ3v) is 7.58. The maximum atomic E-state index is 13.8. The number of methoxy groups -OCH3 is 1. The first-order chi connectivity index (χ1) is 18.1. The summed E-state index contributed by atoms with van der Waals surface area (Å²) in [6, 6.07) is 16.1. The molecule has 6 nitrogen and oxygen atoms in total. The fraction of sp³-hybridized carbons (Fsp3) is 0.484. The molecule has 198 valence electrons. The number of nitrogens with one attached hydrogen (secondary N) is 1. The molecule has 0 spiro atoms. The van der Waals surface area contributed by atoms with Crippen LogP contribution < -0.4 is 4.74 Å². The minimum Gasteiger partial charge on any atom is -0.497 e. The number of unbranched alkanes of at least 4 members (excludes halogenated alkanes) is 1. The van der Waals surface area contributed by atoms with Crippen LogP contribution in [0.15, 0.2) is 54.7 Å². The summed E-state index contributed by atoms with van der Waals surface area (Å²) in [6.07, 6.45) is 10.0. The van der Waals surface area contributed by atoms with E-state index in [1.54, 1.807) is 7.11 Å². The van der Waals surface area contributed by atoms with Crippen LogP contribution in [0.4, 0.5) is 0 Å². The molecule has 1 heterocycles. The van der Waals surface area contributed by atoms with Crippen molar-refractivity contribution in [2.75, 3.05) is 26.7 Å². The molecule has 0 saturated heterocycles. The van der Waals surface area contributed by atoms with Gasteiger partial charge in [-0.2, -0.15) is 0 Å². The highest BCUT2D eigenvalue weighted by Gasteiger charge is 2.28. The third-order valence-electron chi connectivity index (χ3n) is 7.58. The summed E-state index contributed by atoms with van der Waals surface area (Å²) < 4.78 is 5.30. The summed E-state index contributed by atoms with van der Waals surface area (Å²) in [6.45, 7) is 4.02. The molecule has 0 unspecified atom stereocenters. The zero-order chi connectivity index (χ0) is 26.0. The highest BCUT2D eigenvalue weighted by Crippen LogP contribution is 2.26. The van der Waals surface area contributed by atoms with Gasteiger partial charge in [0.2, 0.25) is 11.8 Å². The second kappa shape index (κ2) is 13.3. The van der Waals surface area contributed by atoms with E-state index in [-0.39, 0.29) is 24.3 Å². The van der Waals surface area contributed by atoms with Crippen LogP contribution in [0, 0.1) is 5.92 Å². The lowest BCUT2D eigenvalue weighted by atomic mass is 9.88. The van der Waals surface area contributed by atoms with E-state index in [0.717, 1.165) is 61.8 Å². The largest absolute Gasteiger partial charge is 0.497 e. The lowest BCUT2D eigenvalue weighted by Gasteiger charge is -2.31. The predicted octanol–water partition coefficient (Wildman–Crippen LogP) is 5.96. The van der Waals surface area contributed by atoms with E-state index < -0.39 is 0 Å². The average Bonchev–Trinajstić information content (AvgIpc) is 3.36. The molecule has 6 heteroatoms. The Labute approximate surface area is 221 Å². The Morgan fingerprint density at radius 3 is 2.46 bits per heavy atom. The first-order valence-corrected chi connectivity index (χ1v) is 13.8. The van der Waals surface area contributed by atoms with E-state index in [9.17, 15) is 9.59 Å². The maximum absolute atomic E-state index is 13.8. The summed E-state index contributed by atoms with van der Waals surface area (Å²) >= 11 is 0. The normalized spacial score (nSPS) is 14.0. The number of aromatic nitrogens is 1. The molecule has 0 atom stereocenters. The van der Waals surface area contributed by atoms with Gasteiger partial charge in [-0.15, -0.1) is 0 Å². The lowest BCUT2D eigenvalue weighted by Crippen LogP contribution is -2.46. The fourth-order valence-electron chi connectivity index (χ4n) is 5.32. The monoisotopic (exact) mass is 503 g/mol. The summed E-state index contributed by atoms with van der Waals surface area (Å²) in [5.74, 6) is 1.04. The summed E-state index contributed by atoms with van der Waals surface area (Å²) in [5.41, 5.74) is 3.35. The van der Waals surface area contributed by atoms with Crippen molar-refractivity contribution in [3.05, 3.63) is 65.9 Å². The highest BCUT2D eigenvalue weighted by atomic mass is 16.5. The van der Waals surface area contributed by atoms with E-state index >= 15 is 0 Å². The number of fused-ring (bicyclic) bond motifs is 1. The lowest BCUT2D eigenvalue weighted by molar-refractivity contribution is -0.144. The van der Waals surface area contributed by atoms with Gasteiger partial charge in [0.15, 0.2) is 0 Å². The maximum Gasteiger partial charge on any atom is 0.242 e. The van der Waals surface area contributed by atoms with Gasteiger partial charge in [-0.05, 0) is 55.0 Å². The van der Waals surface area contributed by atoms with Crippen LogP contribution in [0.3, 0.4) is 0 Å². The number of nitrogens with zero attached hydrogens (tertiary/aromatic N) is 2. The standard InChI is InChI=1S/C31H41N3O3/c1-3-4-19-34(31(36)25-10-6-5-7-11-25)23-30(35)33(22-24-14-16-27(37-2)17-15-24)20-18-26-21-32-29-13-9-8-12-28(26)29/h8-9,12-17,21,25,32H,3-7,10-11,18-20,22-23H2,1-2H3. The molecular formula is C31H41N3O3. The predicted molar refractivity (Wildman–Crippen MR) is 148 cm³/mol. The number of para-hydroxylation sites is 1. The first kappa shape index (κ1) is 26.8. The first-order valence-electron chi connectivity index (χ1n) is 13.8. The zero-order valence-electron chi connectivity index (χ0n) is 22.4. The van der Waals surface area contributed by atoms with Crippen LogP contribution in [0.25, 0.3) is 10.9 Å². The van der Waals surface area contributed by atoms with E-state index in [0.29, 0.717) is 19.6 Å². The number of rotatable bonds is 12. The average molecular weight is 504 g/mol. The molecule has 1 N–H and O–H groups in total. The molecule has 0 aliphatic heterocycles. The molecule has 1 aliphatic rings. The van der Waals surface area contributed by atoms with Crippen molar-refractivity contribution >= 4 is 22.7 Å². The van der Waals surface area contributed by atoms with Crippen molar-refractivity contribution in [1.29, 1.82) is 0 Å². The molecule has 1 aromatic heterocycles. The third kappa shape index (κ3) is 7.15. The number of ether oxygens (including phenoxy) is 1. The number of aromatic amines is 1. The van der Waals surface area contributed by atoms with Gasteiger partial charge < -0.3 is 19.5 Å². The van der Waals surface area contributed by atoms with Gasteiger partial charge in [0.25, 0.3) is 0 Å². The Bertz CT molecular complexity index is 1150. The van der Waals surface area contributed by atoms with Gasteiger partial charge in [-0.3, -0.25) is 9.59 Å². The van der Waals surface area contributed by atoms with Crippen molar-refractivity contribution in [3.63, 3.8) is 0 Å². The topological polar surface area (TPSA) is 65.6 Å². The summed E-state index contributed by atoms with van der Waals surface area (Å²) in [4.78, 5) is 34.3. The molecular weight excluding hydrogens is 462 g/mol. The number of benzene rings is 2. The number of amides is 2. The van der Waals surface area contributed by atoms with Crippen molar-refractivity contribution in [1.82, 2.24) is 14.8 Å². The number of hydrogen-bond acceptors (Lipinski definition) is 3. The van der Waals surface area contributed by atoms with Crippen LogP contribution >= 0.6 is 0 Å². The van der Waals surface area contributed by atoms with Crippen LogP contribution in [0.5, 0.6) is 5.75 Å². The molecule has 37 heavy (non-hydrogen) atoms. The Hall–Kier alpha value is -3.28. The molecule has 1 aliphatic carbocycles. The Morgan fingerprint density at radius 1 is 0.973 bits per heavy atom. The van der Waals surface area contributed by atoms with E-state index in [2.05, 4.69) is 24.0 Å². The minimum absolute atomic E-state index is 0.0101. The Kier molecular flexibility index (Phi) is 9.64. The van der Waals surface area contributed by atoms with Gasteiger partial charge in [0.05, 0.1) is 13.7 Å². The molecule has 4 rings (SSSR count). The zero-order valence-corrected chi connectivity index (χ0v) is 22.4. The van der Waals surface area contributed by atoms with Gasteiger partial charge in [-0.1, -0.05) is 62.9 Å². The molecule has 1 saturated carbocycles. The molecule has 1 fully saturated rings. The molecule has 2 aromatic carbocycles. The van der Waals surface area contributed by atoms with Crippen LogP contribution in [-0.2, 0) is 22.6 Å². The molecule has 2 amide bonds. The van der Waals surface area contributed by atoms with Gasteiger partial charge in [0, 0.05) is 42.7 Å². The number of carbonyl (C=O) groups excluding carboxylic acids is 2. The van der Waals surface area contributed by atoms with E-state index in [4.69, 9.17) is 4.74 Å². The second-order valence-corrected chi connectivity index (χ2v) is 10.2. The van der Waals surface area contributed by atoms with Crippen molar-refractivity contribution in [3.8, 4) is 5.75 Å². The van der Waals surface area contributed by atoms with E-state index in [1.165, 1.54) is 17.4 Å². The van der Waals surface area contributed by atoms with Crippen LogP contribution in [0.2, 0.25) is 0 Å². The van der Waals surface area contributed by atoms with Gasteiger partial charge in [-0.25, -0.2) is 0 Å². The minimum atomic E-state index is 0.0101. The highest BCUT2D eigenvalue weighted by molar-refractivity contribution is 5.86. The second-order valence-electron chi connectivity index (χ2n) is 10.2. The molecule has 0 bridgehead atoms. The van der Waals surface area contributed by atoms with Crippen molar-refractivity contribution < 1.29 is 14.3 Å². The summed E-state index contributed by atoms with van der Waals surface area (Å²) in [7, 11) is 1.65. The summed E-state index contributed by atoms with van der Waals surface area (Å²) in [5, 5.41) is 1.19. The van der Waals surface area contributed by atoms with Crippen molar-refractivity contribution in [2.24, 2.45) is 5.92 Å². The molecule has 3 aromatic rings.